The standard InChI is InChI=1S/C28H39N3O5/c1-3-35-28(33)30-14-16-36-26(22-10-5-4-6-11-22)23-12-7-13-24(18-23)27(32)31-19-25(29-2)17-21-9-8-15-34-20-21/h4-7,10-13,18,21,25-26,29H,3,8-9,14-17,19-20H2,1-2H3,(H,30,33)(H,31,32)/t21-,25-,26?/m1/s1. The van der Waals surface area contributed by atoms with E-state index in [0.717, 1.165) is 37.2 Å². The summed E-state index contributed by atoms with van der Waals surface area (Å²) in [6.07, 6.45) is 2.40. The Bertz CT molecular complexity index is 934. The van der Waals surface area contributed by atoms with Gasteiger partial charge in [-0.05, 0) is 62.4 Å². The average molecular weight is 498 g/mol. The Hall–Kier alpha value is -2.94. The summed E-state index contributed by atoms with van der Waals surface area (Å²) < 4.78 is 16.6. The zero-order valence-corrected chi connectivity index (χ0v) is 21.3. The van der Waals surface area contributed by atoms with E-state index in [-0.39, 0.29) is 18.1 Å². The molecule has 0 aliphatic carbocycles. The number of amides is 2. The van der Waals surface area contributed by atoms with E-state index in [1.54, 1.807) is 6.92 Å². The Morgan fingerprint density at radius 2 is 1.89 bits per heavy atom. The summed E-state index contributed by atoms with van der Waals surface area (Å²) in [6.45, 7) is 4.89. The van der Waals surface area contributed by atoms with Gasteiger partial charge in [0.05, 0.1) is 13.2 Å². The number of nitrogens with one attached hydrogen (secondary N) is 3. The Kier molecular flexibility index (Phi) is 11.7. The van der Waals surface area contributed by atoms with Crippen molar-refractivity contribution in [3.05, 3.63) is 71.3 Å². The molecule has 0 saturated carbocycles. The molecule has 0 radical (unpaired) electrons. The van der Waals surface area contributed by atoms with Gasteiger partial charge in [-0.1, -0.05) is 42.5 Å². The SMILES string of the molecule is CCOC(=O)NCCOC(c1ccccc1)c1cccc(C(=O)NC[C@@H](C[C@H]2CCCOC2)NC)c1. The van der Waals surface area contributed by atoms with E-state index in [4.69, 9.17) is 14.2 Å². The number of likely N-dealkylation sites (N-methyl/N-ethyl adjacent to an activating group) is 1. The summed E-state index contributed by atoms with van der Waals surface area (Å²) in [5.41, 5.74) is 2.42. The van der Waals surface area contributed by atoms with Crippen molar-refractivity contribution >= 4 is 12.0 Å². The molecule has 0 aromatic heterocycles. The first-order chi connectivity index (χ1) is 17.6. The molecule has 1 heterocycles. The summed E-state index contributed by atoms with van der Waals surface area (Å²) in [5, 5.41) is 9.07. The van der Waals surface area contributed by atoms with Crippen molar-refractivity contribution in [2.75, 3.05) is 46.6 Å². The first kappa shape index (κ1) is 27.6. The highest BCUT2D eigenvalue weighted by Crippen LogP contribution is 2.26. The maximum absolute atomic E-state index is 13.0. The maximum atomic E-state index is 13.0. The molecule has 3 rings (SSSR count). The van der Waals surface area contributed by atoms with Gasteiger partial charge in [-0.25, -0.2) is 4.79 Å². The van der Waals surface area contributed by atoms with E-state index >= 15 is 0 Å². The molecule has 8 nitrogen and oxygen atoms in total. The zero-order chi connectivity index (χ0) is 25.6. The van der Waals surface area contributed by atoms with Crippen LogP contribution < -0.4 is 16.0 Å². The fourth-order valence-electron chi connectivity index (χ4n) is 4.38. The van der Waals surface area contributed by atoms with Crippen LogP contribution in [0, 0.1) is 5.92 Å². The molecular formula is C28H39N3O5. The molecule has 1 aliphatic rings. The van der Waals surface area contributed by atoms with Crippen molar-refractivity contribution in [2.45, 2.75) is 38.3 Å². The third kappa shape index (κ3) is 8.93. The highest BCUT2D eigenvalue weighted by Gasteiger charge is 2.20. The van der Waals surface area contributed by atoms with E-state index in [2.05, 4.69) is 16.0 Å². The van der Waals surface area contributed by atoms with Crippen molar-refractivity contribution in [3.63, 3.8) is 0 Å². The first-order valence-corrected chi connectivity index (χ1v) is 12.8. The molecule has 1 saturated heterocycles. The molecule has 0 spiro atoms. The minimum absolute atomic E-state index is 0.118. The molecule has 0 bridgehead atoms. The second kappa shape index (κ2) is 15.2. The second-order valence-electron chi connectivity index (χ2n) is 8.95. The van der Waals surface area contributed by atoms with Crippen molar-refractivity contribution in [3.8, 4) is 0 Å². The number of rotatable bonds is 13. The molecule has 2 aromatic rings. The Morgan fingerprint density at radius 1 is 1.08 bits per heavy atom. The minimum Gasteiger partial charge on any atom is -0.450 e. The predicted octanol–water partition coefficient (Wildman–Crippen LogP) is 3.67. The third-order valence-corrected chi connectivity index (χ3v) is 6.27. The molecule has 2 amide bonds. The van der Waals surface area contributed by atoms with Crippen LogP contribution in [0.4, 0.5) is 4.79 Å². The van der Waals surface area contributed by atoms with Crippen LogP contribution in [0.25, 0.3) is 0 Å². The average Bonchev–Trinajstić information content (AvgIpc) is 2.92. The monoisotopic (exact) mass is 497 g/mol. The van der Waals surface area contributed by atoms with Gasteiger partial charge in [-0.2, -0.15) is 0 Å². The van der Waals surface area contributed by atoms with E-state index in [0.29, 0.717) is 37.8 Å². The fourth-order valence-corrected chi connectivity index (χ4v) is 4.38. The number of carbonyl (C=O) groups excluding carboxylic acids is 2. The highest BCUT2D eigenvalue weighted by atomic mass is 16.5. The lowest BCUT2D eigenvalue weighted by Crippen LogP contribution is -2.41. The van der Waals surface area contributed by atoms with Crippen molar-refractivity contribution in [2.24, 2.45) is 5.92 Å². The van der Waals surface area contributed by atoms with Crippen molar-refractivity contribution in [1.29, 1.82) is 0 Å². The second-order valence-corrected chi connectivity index (χ2v) is 8.95. The van der Waals surface area contributed by atoms with Crippen LogP contribution in [-0.2, 0) is 14.2 Å². The molecule has 1 fully saturated rings. The molecule has 196 valence electrons. The molecule has 8 heteroatoms. The van der Waals surface area contributed by atoms with Gasteiger partial charge in [-0.3, -0.25) is 4.79 Å². The van der Waals surface area contributed by atoms with Gasteiger partial charge in [0, 0.05) is 37.9 Å². The van der Waals surface area contributed by atoms with Crippen LogP contribution in [0.5, 0.6) is 0 Å². The third-order valence-electron chi connectivity index (χ3n) is 6.27. The smallest absolute Gasteiger partial charge is 0.407 e. The van der Waals surface area contributed by atoms with Gasteiger partial charge < -0.3 is 30.2 Å². The largest absolute Gasteiger partial charge is 0.450 e. The van der Waals surface area contributed by atoms with Crippen molar-refractivity contribution in [1.82, 2.24) is 16.0 Å². The topological polar surface area (TPSA) is 97.9 Å². The molecule has 36 heavy (non-hydrogen) atoms. The zero-order valence-electron chi connectivity index (χ0n) is 21.3. The quantitative estimate of drug-likeness (QED) is 0.365. The number of carbonyl (C=O) groups is 2. The number of benzene rings is 2. The van der Waals surface area contributed by atoms with Crippen LogP contribution in [-0.4, -0.2) is 64.6 Å². The lowest BCUT2D eigenvalue weighted by molar-refractivity contribution is 0.0478. The van der Waals surface area contributed by atoms with E-state index in [1.807, 2.05) is 61.6 Å². The van der Waals surface area contributed by atoms with Gasteiger partial charge in [0.25, 0.3) is 5.91 Å². The van der Waals surface area contributed by atoms with Gasteiger partial charge in [0.15, 0.2) is 0 Å². The van der Waals surface area contributed by atoms with Gasteiger partial charge in [0.2, 0.25) is 0 Å². The summed E-state index contributed by atoms with van der Waals surface area (Å²) in [5.74, 6) is 0.409. The summed E-state index contributed by atoms with van der Waals surface area (Å²) in [7, 11) is 1.93. The van der Waals surface area contributed by atoms with Gasteiger partial charge >= 0.3 is 6.09 Å². The van der Waals surface area contributed by atoms with Gasteiger partial charge in [-0.15, -0.1) is 0 Å². The molecule has 2 aromatic carbocycles. The van der Waals surface area contributed by atoms with Crippen LogP contribution in [0.2, 0.25) is 0 Å². The summed E-state index contributed by atoms with van der Waals surface area (Å²) >= 11 is 0. The number of hydrogen-bond donors (Lipinski definition) is 3. The molecule has 3 atom stereocenters. The number of hydrogen-bond acceptors (Lipinski definition) is 6. The maximum Gasteiger partial charge on any atom is 0.407 e. The van der Waals surface area contributed by atoms with E-state index in [9.17, 15) is 9.59 Å². The number of ether oxygens (including phenoxy) is 3. The van der Waals surface area contributed by atoms with Crippen LogP contribution in [0.15, 0.2) is 54.6 Å². The summed E-state index contributed by atoms with van der Waals surface area (Å²) in [4.78, 5) is 24.5. The van der Waals surface area contributed by atoms with E-state index < -0.39 is 6.09 Å². The fraction of sp³-hybridized carbons (Fsp3) is 0.500. The number of alkyl carbamates (subject to hydrolysis) is 1. The van der Waals surface area contributed by atoms with Crippen LogP contribution in [0.1, 0.15) is 53.8 Å². The minimum atomic E-state index is -0.466. The Balaban J connectivity index is 1.62. The first-order valence-electron chi connectivity index (χ1n) is 12.8. The van der Waals surface area contributed by atoms with Crippen LogP contribution >= 0.6 is 0 Å². The molecule has 3 N–H and O–H groups in total. The van der Waals surface area contributed by atoms with Crippen LogP contribution in [0.3, 0.4) is 0 Å². The molecule has 1 unspecified atom stereocenters. The molecular weight excluding hydrogens is 458 g/mol. The predicted molar refractivity (Wildman–Crippen MR) is 139 cm³/mol. The van der Waals surface area contributed by atoms with Gasteiger partial charge in [0.1, 0.15) is 6.10 Å². The molecule has 1 aliphatic heterocycles. The lowest BCUT2D eigenvalue weighted by atomic mass is 9.94. The van der Waals surface area contributed by atoms with Crippen molar-refractivity contribution < 1.29 is 23.8 Å². The van der Waals surface area contributed by atoms with E-state index in [1.165, 1.54) is 6.42 Å². The highest BCUT2D eigenvalue weighted by molar-refractivity contribution is 5.94. The Labute approximate surface area is 214 Å². The Morgan fingerprint density at radius 3 is 2.61 bits per heavy atom. The lowest BCUT2D eigenvalue weighted by Gasteiger charge is -2.26. The summed E-state index contributed by atoms with van der Waals surface area (Å²) in [6, 6.07) is 17.5. The normalized spacial score (nSPS) is 17.1.